The normalized spacial score (nSPS) is 15.7. The number of carbonyl (C=O) groups excluding carboxylic acids is 1. The van der Waals surface area contributed by atoms with Crippen LogP contribution in [0.15, 0.2) is 53.1 Å². The van der Waals surface area contributed by atoms with Crippen molar-refractivity contribution in [2.45, 2.75) is 13.1 Å². The number of urea groups is 1. The predicted molar refractivity (Wildman–Crippen MR) is 84.2 cm³/mol. The largest absolute Gasteiger partial charge is 0.468 e. The average Bonchev–Trinajstić information content (AvgIpc) is 3.07. The molecule has 0 spiro atoms. The molecule has 1 aliphatic heterocycles. The molecule has 0 aliphatic carbocycles. The average molecular weight is 299 g/mol. The zero-order chi connectivity index (χ0) is 15.2. The van der Waals surface area contributed by atoms with Crippen LogP contribution in [0.5, 0.6) is 0 Å². The van der Waals surface area contributed by atoms with Crippen molar-refractivity contribution in [1.82, 2.24) is 15.1 Å². The van der Waals surface area contributed by atoms with Crippen molar-refractivity contribution in [3.63, 3.8) is 0 Å². The third-order valence-corrected chi connectivity index (χ3v) is 3.91. The first kappa shape index (κ1) is 14.7. The summed E-state index contributed by atoms with van der Waals surface area (Å²) in [6.45, 7) is 4.64. The number of benzene rings is 1. The van der Waals surface area contributed by atoms with Crippen LogP contribution in [0.4, 0.5) is 4.79 Å². The van der Waals surface area contributed by atoms with E-state index < -0.39 is 0 Å². The van der Waals surface area contributed by atoms with Gasteiger partial charge in [-0.05, 0) is 17.7 Å². The Morgan fingerprint density at radius 2 is 1.82 bits per heavy atom. The maximum Gasteiger partial charge on any atom is 0.317 e. The van der Waals surface area contributed by atoms with Crippen molar-refractivity contribution in [1.29, 1.82) is 0 Å². The maximum absolute atomic E-state index is 12.2. The highest BCUT2D eigenvalue weighted by molar-refractivity contribution is 5.74. The Hall–Kier alpha value is -2.27. The minimum absolute atomic E-state index is 0.0153. The number of rotatable bonds is 4. The van der Waals surface area contributed by atoms with E-state index in [0.29, 0.717) is 6.54 Å². The smallest absolute Gasteiger partial charge is 0.317 e. The number of nitrogens with zero attached hydrogens (tertiary/aromatic N) is 2. The van der Waals surface area contributed by atoms with Gasteiger partial charge in [0.15, 0.2) is 0 Å². The second-order valence-electron chi connectivity index (χ2n) is 5.49. The van der Waals surface area contributed by atoms with Gasteiger partial charge in [-0.25, -0.2) is 4.79 Å². The number of furan rings is 1. The molecule has 5 heteroatoms. The van der Waals surface area contributed by atoms with Crippen molar-refractivity contribution < 1.29 is 9.21 Å². The first-order valence-electron chi connectivity index (χ1n) is 7.63. The SMILES string of the molecule is O=C(NCc1ccccc1)N1CCN(Cc2ccco2)CC1. The van der Waals surface area contributed by atoms with E-state index in [9.17, 15) is 4.79 Å². The van der Waals surface area contributed by atoms with E-state index >= 15 is 0 Å². The molecule has 1 saturated heterocycles. The van der Waals surface area contributed by atoms with Gasteiger partial charge in [0.2, 0.25) is 0 Å². The molecule has 1 fully saturated rings. The standard InChI is InChI=1S/C17H21N3O2/c21-17(18-13-15-5-2-1-3-6-15)20-10-8-19(9-11-20)14-16-7-4-12-22-16/h1-7,12H,8-11,13-14H2,(H,18,21). The number of hydrogen-bond donors (Lipinski definition) is 1. The van der Waals surface area contributed by atoms with Gasteiger partial charge in [0.05, 0.1) is 12.8 Å². The monoisotopic (exact) mass is 299 g/mol. The van der Waals surface area contributed by atoms with E-state index in [2.05, 4.69) is 10.2 Å². The molecule has 2 amide bonds. The number of carbonyl (C=O) groups is 1. The highest BCUT2D eigenvalue weighted by Crippen LogP contribution is 2.09. The molecule has 2 aromatic rings. The summed E-state index contributed by atoms with van der Waals surface area (Å²) in [5.74, 6) is 0.974. The quantitative estimate of drug-likeness (QED) is 0.942. The van der Waals surface area contributed by atoms with Gasteiger partial charge in [0.1, 0.15) is 5.76 Å². The third kappa shape index (κ3) is 3.89. The number of hydrogen-bond acceptors (Lipinski definition) is 3. The molecule has 5 nitrogen and oxygen atoms in total. The number of amides is 2. The van der Waals surface area contributed by atoms with Crippen LogP contribution in [0.1, 0.15) is 11.3 Å². The van der Waals surface area contributed by atoms with Gasteiger partial charge in [-0.3, -0.25) is 4.90 Å². The fourth-order valence-electron chi connectivity index (χ4n) is 2.62. The highest BCUT2D eigenvalue weighted by Gasteiger charge is 2.21. The van der Waals surface area contributed by atoms with Crippen LogP contribution in [0.25, 0.3) is 0 Å². The van der Waals surface area contributed by atoms with Crippen molar-refractivity contribution >= 4 is 6.03 Å². The van der Waals surface area contributed by atoms with Gasteiger partial charge in [0, 0.05) is 32.7 Å². The van der Waals surface area contributed by atoms with Gasteiger partial charge in [-0.2, -0.15) is 0 Å². The summed E-state index contributed by atoms with van der Waals surface area (Å²) in [6.07, 6.45) is 1.70. The molecule has 0 radical (unpaired) electrons. The van der Waals surface area contributed by atoms with Crippen LogP contribution in [-0.4, -0.2) is 42.0 Å². The number of piperazine rings is 1. The third-order valence-electron chi connectivity index (χ3n) is 3.91. The van der Waals surface area contributed by atoms with Crippen LogP contribution in [0.3, 0.4) is 0 Å². The zero-order valence-electron chi connectivity index (χ0n) is 12.6. The number of nitrogens with one attached hydrogen (secondary N) is 1. The van der Waals surface area contributed by atoms with Gasteiger partial charge in [0.25, 0.3) is 0 Å². The molecule has 116 valence electrons. The summed E-state index contributed by atoms with van der Waals surface area (Å²) in [7, 11) is 0. The van der Waals surface area contributed by atoms with Crippen molar-refractivity contribution in [2.24, 2.45) is 0 Å². The van der Waals surface area contributed by atoms with Crippen molar-refractivity contribution in [3.05, 3.63) is 60.1 Å². The summed E-state index contributed by atoms with van der Waals surface area (Å²) < 4.78 is 5.36. The van der Waals surface area contributed by atoms with E-state index in [0.717, 1.165) is 44.0 Å². The van der Waals surface area contributed by atoms with Gasteiger partial charge < -0.3 is 14.6 Å². The molecular weight excluding hydrogens is 278 g/mol. The maximum atomic E-state index is 12.2. The van der Waals surface area contributed by atoms with Crippen LogP contribution in [-0.2, 0) is 13.1 Å². The highest BCUT2D eigenvalue weighted by atomic mass is 16.3. The molecule has 3 rings (SSSR count). The molecule has 1 aliphatic rings. The summed E-state index contributed by atoms with van der Waals surface area (Å²) in [5, 5.41) is 2.98. The summed E-state index contributed by atoms with van der Waals surface area (Å²) in [6, 6.07) is 13.9. The minimum Gasteiger partial charge on any atom is -0.468 e. The lowest BCUT2D eigenvalue weighted by molar-refractivity contribution is 0.130. The molecule has 22 heavy (non-hydrogen) atoms. The molecule has 2 heterocycles. The van der Waals surface area contributed by atoms with Gasteiger partial charge in [-0.15, -0.1) is 0 Å². The predicted octanol–water partition coefficient (Wildman–Crippen LogP) is 2.31. The Bertz CT molecular complexity index is 575. The second kappa shape index (κ2) is 7.13. The van der Waals surface area contributed by atoms with Crippen LogP contribution in [0, 0.1) is 0 Å². The molecule has 0 unspecified atom stereocenters. The van der Waals surface area contributed by atoms with E-state index in [1.54, 1.807) is 6.26 Å². The van der Waals surface area contributed by atoms with Crippen LogP contribution >= 0.6 is 0 Å². The summed E-state index contributed by atoms with van der Waals surface area (Å²) >= 11 is 0. The summed E-state index contributed by atoms with van der Waals surface area (Å²) in [5.41, 5.74) is 1.12. The topological polar surface area (TPSA) is 48.7 Å². The van der Waals surface area contributed by atoms with Crippen molar-refractivity contribution in [2.75, 3.05) is 26.2 Å². The lowest BCUT2D eigenvalue weighted by Crippen LogP contribution is -2.51. The Kier molecular flexibility index (Phi) is 4.75. The van der Waals surface area contributed by atoms with E-state index in [1.807, 2.05) is 47.4 Å². The first-order chi connectivity index (χ1) is 10.8. The van der Waals surface area contributed by atoms with Crippen molar-refractivity contribution in [3.8, 4) is 0 Å². The molecule has 0 bridgehead atoms. The van der Waals surface area contributed by atoms with E-state index in [1.165, 1.54) is 0 Å². The van der Waals surface area contributed by atoms with Crippen LogP contribution < -0.4 is 5.32 Å². The Balaban J connectivity index is 1.42. The molecule has 0 atom stereocenters. The molecule has 1 aromatic heterocycles. The van der Waals surface area contributed by atoms with Gasteiger partial charge >= 0.3 is 6.03 Å². The fourth-order valence-corrected chi connectivity index (χ4v) is 2.62. The molecule has 1 N–H and O–H groups in total. The second-order valence-corrected chi connectivity index (χ2v) is 5.49. The van der Waals surface area contributed by atoms with E-state index in [4.69, 9.17) is 4.42 Å². The summed E-state index contributed by atoms with van der Waals surface area (Å²) in [4.78, 5) is 16.4. The molecule has 0 saturated carbocycles. The van der Waals surface area contributed by atoms with Crippen LogP contribution in [0.2, 0.25) is 0 Å². The Morgan fingerprint density at radius 1 is 1.05 bits per heavy atom. The lowest BCUT2D eigenvalue weighted by atomic mass is 10.2. The molecular formula is C17H21N3O2. The lowest BCUT2D eigenvalue weighted by Gasteiger charge is -2.34. The Labute approximate surface area is 130 Å². The Morgan fingerprint density at radius 3 is 2.50 bits per heavy atom. The minimum atomic E-state index is 0.0153. The molecule has 1 aromatic carbocycles. The van der Waals surface area contributed by atoms with E-state index in [-0.39, 0.29) is 6.03 Å². The zero-order valence-corrected chi connectivity index (χ0v) is 12.6. The fraction of sp³-hybridized carbons (Fsp3) is 0.353. The first-order valence-corrected chi connectivity index (χ1v) is 7.63. The van der Waals surface area contributed by atoms with Gasteiger partial charge in [-0.1, -0.05) is 30.3 Å².